The molecule has 4 rings (SSSR count). The van der Waals surface area contributed by atoms with Gasteiger partial charge < -0.3 is 4.74 Å². The van der Waals surface area contributed by atoms with Gasteiger partial charge in [0.15, 0.2) is 0 Å². The van der Waals surface area contributed by atoms with Crippen LogP contribution in [0.2, 0.25) is 0 Å². The Hall–Kier alpha value is -1.76. The molecule has 0 N–H and O–H groups in total. The number of hydrogen-bond acceptors (Lipinski definition) is 1. The zero-order valence-corrected chi connectivity index (χ0v) is 26.1. The van der Waals surface area contributed by atoms with Crippen molar-refractivity contribution in [3.05, 3.63) is 53.1 Å². The Labute approximate surface area is 241 Å². The fraction of sp³-hybridized carbons (Fsp3) is 0.684. The van der Waals surface area contributed by atoms with E-state index in [1.165, 1.54) is 105 Å². The highest BCUT2D eigenvalue weighted by atomic mass is 16.5. The van der Waals surface area contributed by atoms with Crippen LogP contribution >= 0.6 is 0 Å². The number of hydrogen-bond donors (Lipinski definition) is 0. The van der Waals surface area contributed by atoms with Crippen LogP contribution in [0.4, 0.5) is 0 Å². The summed E-state index contributed by atoms with van der Waals surface area (Å²) in [5.74, 6) is 5.94. The molecule has 0 radical (unpaired) electrons. The molecule has 2 aromatic carbocycles. The number of benzene rings is 2. The van der Waals surface area contributed by atoms with Gasteiger partial charge in [-0.05, 0) is 127 Å². The Morgan fingerprint density at radius 3 is 1.82 bits per heavy atom. The van der Waals surface area contributed by atoms with Crippen molar-refractivity contribution >= 4 is 0 Å². The minimum atomic E-state index is 0.776. The average molecular weight is 531 g/mol. The molecule has 0 saturated heterocycles. The second kappa shape index (κ2) is 15.3. The standard InChI is InChI=1S/C38H58O/c1-6-29(7-2)24-25-39-38-32(8-3)26-37(27-33(38)9-4)36-22-16-31(17-23-36)13-12-30-14-20-35(21-15-30)34-18-10-28(5)11-19-34/h16-17,22-23,26-30,34-35H,6-15,18-21,24-25H2,1-5H3. The molecule has 39 heavy (non-hydrogen) atoms. The monoisotopic (exact) mass is 530 g/mol. The van der Waals surface area contributed by atoms with Crippen molar-refractivity contribution in [1.29, 1.82) is 0 Å². The third-order valence-electron chi connectivity index (χ3n) is 10.7. The Kier molecular flexibility index (Phi) is 11.8. The van der Waals surface area contributed by atoms with Crippen molar-refractivity contribution < 1.29 is 4.74 Å². The summed E-state index contributed by atoms with van der Waals surface area (Å²) in [6.07, 6.45) is 20.2. The minimum Gasteiger partial charge on any atom is -0.493 e. The summed E-state index contributed by atoms with van der Waals surface area (Å²) < 4.78 is 6.43. The van der Waals surface area contributed by atoms with Crippen LogP contribution in [0.15, 0.2) is 36.4 Å². The van der Waals surface area contributed by atoms with Crippen LogP contribution in [-0.4, -0.2) is 6.61 Å². The van der Waals surface area contributed by atoms with E-state index >= 15 is 0 Å². The fourth-order valence-corrected chi connectivity index (χ4v) is 7.60. The SMILES string of the molecule is CCc1cc(-c2ccc(CCC3CCC(C4CCC(C)CC4)CC3)cc2)cc(CC)c1OCCC(CC)CC. The molecule has 1 nitrogen and oxygen atoms in total. The topological polar surface area (TPSA) is 9.23 Å². The average Bonchev–Trinajstić information content (AvgIpc) is 2.99. The minimum absolute atomic E-state index is 0.776. The predicted molar refractivity (Wildman–Crippen MR) is 170 cm³/mol. The summed E-state index contributed by atoms with van der Waals surface area (Å²) in [5.41, 5.74) is 6.91. The first kappa shape index (κ1) is 30.2. The number of rotatable bonds is 13. The molecule has 0 aliphatic heterocycles. The van der Waals surface area contributed by atoms with Crippen LogP contribution in [0, 0.1) is 29.6 Å². The van der Waals surface area contributed by atoms with E-state index in [0.29, 0.717) is 0 Å². The van der Waals surface area contributed by atoms with Crippen molar-refractivity contribution in [2.45, 2.75) is 131 Å². The predicted octanol–water partition coefficient (Wildman–Crippen LogP) is 11.2. The van der Waals surface area contributed by atoms with E-state index in [0.717, 1.165) is 61.2 Å². The molecular formula is C38H58O. The van der Waals surface area contributed by atoms with E-state index in [2.05, 4.69) is 71.0 Å². The van der Waals surface area contributed by atoms with Crippen LogP contribution in [0.1, 0.15) is 128 Å². The van der Waals surface area contributed by atoms with Crippen molar-refractivity contribution in [2.75, 3.05) is 6.61 Å². The van der Waals surface area contributed by atoms with E-state index < -0.39 is 0 Å². The Bertz CT molecular complexity index is 943. The van der Waals surface area contributed by atoms with Gasteiger partial charge in [-0.3, -0.25) is 0 Å². The molecule has 0 heterocycles. The van der Waals surface area contributed by atoms with Crippen LogP contribution in [0.3, 0.4) is 0 Å². The fourth-order valence-electron chi connectivity index (χ4n) is 7.60. The summed E-state index contributed by atoms with van der Waals surface area (Å²) in [4.78, 5) is 0. The molecule has 2 aliphatic carbocycles. The summed E-state index contributed by atoms with van der Waals surface area (Å²) in [5, 5.41) is 0. The largest absolute Gasteiger partial charge is 0.493 e. The summed E-state index contributed by atoms with van der Waals surface area (Å²) in [6, 6.07) is 14.3. The van der Waals surface area contributed by atoms with E-state index in [1.54, 1.807) is 0 Å². The van der Waals surface area contributed by atoms with Gasteiger partial charge in [0.2, 0.25) is 0 Å². The first-order chi connectivity index (χ1) is 19.0. The van der Waals surface area contributed by atoms with Crippen molar-refractivity contribution in [3.8, 4) is 16.9 Å². The molecule has 0 unspecified atom stereocenters. The van der Waals surface area contributed by atoms with Gasteiger partial charge >= 0.3 is 0 Å². The van der Waals surface area contributed by atoms with Gasteiger partial charge in [-0.15, -0.1) is 0 Å². The lowest BCUT2D eigenvalue weighted by molar-refractivity contribution is 0.148. The maximum Gasteiger partial charge on any atom is 0.125 e. The zero-order valence-electron chi connectivity index (χ0n) is 26.1. The first-order valence-corrected chi connectivity index (χ1v) is 16.9. The molecule has 2 aliphatic rings. The smallest absolute Gasteiger partial charge is 0.125 e. The van der Waals surface area contributed by atoms with Gasteiger partial charge in [0.1, 0.15) is 5.75 Å². The van der Waals surface area contributed by atoms with E-state index in [1.807, 2.05) is 0 Å². The van der Waals surface area contributed by atoms with Gasteiger partial charge in [0.05, 0.1) is 6.61 Å². The summed E-state index contributed by atoms with van der Waals surface area (Å²) in [6.45, 7) is 12.4. The molecule has 2 aromatic rings. The lowest BCUT2D eigenvalue weighted by Crippen LogP contribution is -2.25. The lowest BCUT2D eigenvalue weighted by Gasteiger charge is -2.37. The molecule has 0 amide bonds. The molecule has 0 spiro atoms. The van der Waals surface area contributed by atoms with Crippen LogP contribution in [0.5, 0.6) is 5.75 Å². The van der Waals surface area contributed by atoms with Gasteiger partial charge in [-0.25, -0.2) is 0 Å². The lowest BCUT2D eigenvalue weighted by atomic mass is 9.69. The molecule has 2 saturated carbocycles. The first-order valence-electron chi connectivity index (χ1n) is 16.9. The number of aryl methyl sites for hydroxylation is 3. The molecule has 0 aromatic heterocycles. The highest BCUT2D eigenvalue weighted by Gasteiger charge is 2.29. The van der Waals surface area contributed by atoms with Gasteiger partial charge in [0, 0.05) is 0 Å². The third kappa shape index (κ3) is 8.37. The maximum atomic E-state index is 6.43. The van der Waals surface area contributed by atoms with Gasteiger partial charge in [0.25, 0.3) is 0 Å². The van der Waals surface area contributed by atoms with Crippen LogP contribution in [-0.2, 0) is 19.3 Å². The van der Waals surface area contributed by atoms with Gasteiger partial charge in [-0.2, -0.15) is 0 Å². The summed E-state index contributed by atoms with van der Waals surface area (Å²) >= 11 is 0. The van der Waals surface area contributed by atoms with Crippen molar-refractivity contribution in [2.24, 2.45) is 29.6 Å². The highest BCUT2D eigenvalue weighted by Crippen LogP contribution is 2.42. The quantitative estimate of drug-likeness (QED) is 0.250. The molecule has 0 atom stereocenters. The Morgan fingerprint density at radius 1 is 0.718 bits per heavy atom. The van der Waals surface area contributed by atoms with Crippen LogP contribution in [0.25, 0.3) is 11.1 Å². The Morgan fingerprint density at radius 2 is 1.28 bits per heavy atom. The van der Waals surface area contributed by atoms with E-state index in [-0.39, 0.29) is 0 Å². The normalized spacial score (nSPS) is 23.7. The molecule has 216 valence electrons. The maximum absolute atomic E-state index is 6.43. The number of ether oxygens (including phenoxy) is 1. The second-order valence-corrected chi connectivity index (χ2v) is 13.2. The molecule has 2 fully saturated rings. The van der Waals surface area contributed by atoms with Crippen molar-refractivity contribution in [1.82, 2.24) is 0 Å². The van der Waals surface area contributed by atoms with Crippen LogP contribution < -0.4 is 4.74 Å². The third-order valence-corrected chi connectivity index (χ3v) is 10.7. The molecule has 0 bridgehead atoms. The van der Waals surface area contributed by atoms with E-state index in [9.17, 15) is 0 Å². The molecular weight excluding hydrogens is 472 g/mol. The zero-order chi connectivity index (χ0) is 27.6. The highest BCUT2D eigenvalue weighted by molar-refractivity contribution is 5.68. The van der Waals surface area contributed by atoms with Gasteiger partial charge in [-0.1, -0.05) is 97.4 Å². The van der Waals surface area contributed by atoms with E-state index in [4.69, 9.17) is 4.74 Å². The summed E-state index contributed by atoms with van der Waals surface area (Å²) in [7, 11) is 0. The van der Waals surface area contributed by atoms with Crippen molar-refractivity contribution in [3.63, 3.8) is 0 Å². The Balaban J connectivity index is 1.30. The molecule has 1 heteroatoms. The second-order valence-electron chi connectivity index (χ2n) is 13.2.